The van der Waals surface area contributed by atoms with Crippen LogP contribution in [0.15, 0.2) is 84.4 Å². The van der Waals surface area contributed by atoms with Crippen molar-refractivity contribution >= 4 is 67.2 Å². The molecule has 0 fully saturated rings. The smallest absolute Gasteiger partial charge is 0.288 e. The number of fused-ring (bicyclic) bond motifs is 3. The van der Waals surface area contributed by atoms with E-state index in [1.54, 1.807) is 66.1 Å². The Hall–Kier alpha value is -4.67. The third-order valence-electron chi connectivity index (χ3n) is 6.76. The van der Waals surface area contributed by atoms with Crippen molar-refractivity contribution in [3.05, 3.63) is 113 Å². The van der Waals surface area contributed by atoms with Crippen LogP contribution in [0, 0.1) is 6.07 Å². The van der Waals surface area contributed by atoms with Gasteiger partial charge in [0.05, 0.1) is 17.2 Å². The summed E-state index contributed by atoms with van der Waals surface area (Å²) in [5, 5.41) is 8.04. The molecule has 3 amide bonds. The summed E-state index contributed by atoms with van der Waals surface area (Å²) in [6.45, 7) is 0.0909. The van der Waals surface area contributed by atoms with E-state index >= 15 is 0 Å². The van der Waals surface area contributed by atoms with E-state index < -0.39 is 11.9 Å². The van der Waals surface area contributed by atoms with Crippen LogP contribution in [0.4, 0.5) is 0 Å². The summed E-state index contributed by atoms with van der Waals surface area (Å²) in [4.78, 5) is 44.6. The highest BCUT2D eigenvalue weighted by Gasteiger charge is 2.36. The number of rotatable bonds is 6. The Balaban J connectivity index is 1.19. The number of hydrogen-bond donors (Lipinski definition) is 3. The van der Waals surface area contributed by atoms with E-state index in [4.69, 9.17) is 12.2 Å². The van der Waals surface area contributed by atoms with Gasteiger partial charge in [-0.1, -0.05) is 42.5 Å². The van der Waals surface area contributed by atoms with Crippen molar-refractivity contribution < 1.29 is 14.4 Å². The first kappa shape index (κ1) is 25.6. The third-order valence-corrected chi connectivity index (χ3v) is 7.99. The zero-order valence-corrected chi connectivity index (χ0v) is 22.6. The van der Waals surface area contributed by atoms with Gasteiger partial charge in [0.15, 0.2) is 5.11 Å². The minimum Gasteiger partial charge on any atom is -0.356 e. The summed E-state index contributed by atoms with van der Waals surface area (Å²) in [6, 6.07) is 24.5. The molecule has 3 aromatic carbocycles. The number of carbonyl (C=O) groups excluding carboxylic acids is 3. The molecule has 2 aromatic heterocycles. The van der Waals surface area contributed by atoms with Gasteiger partial charge in [-0.3, -0.25) is 35.1 Å². The average molecular weight is 565 g/mol. The monoisotopic (exact) mass is 564 g/mol. The van der Waals surface area contributed by atoms with Gasteiger partial charge >= 0.3 is 0 Å². The summed E-state index contributed by atoms with van der Waals surface area (Å²) in [7, 11) is 0. The Morgan fingerprint density at radius 3 is 2.52 bits per heavy atom. The lowest BCUT2D eigenvalue weighted by molar-refractivity contribution is 0.0641. The first-order chi connectivity index (χ1) is 19.5. The second kappa shape index (κ2) is 10.8. The summed E-state index contributed by atoms with van der Waals surface area (Å²) >= 11 is 7.14. The fraction of sp³-hybridized carbons (Fsp3) is 0.100. The Morgan fingerprint density at radius 2 is 1.73 bits per heavy atom. The molecule has 0 bridgehead atoms. The fourth-order valence-electron chi connectivity index (χ4n) is 4.88. The summed E-state index contributed by atoms with van der Waals surface area (Å²) in [5.74, 6) is -1.13. The molecule has 1 radical (unpaired) electrons. The van der Waals surface area contributed by atoms with Crippen LogP contribution in [0.3, 0.4) is 0 Å². The van der Waals surface area contributed by atoms with Crippen LogP contribution in [-0.2, 0) is 6.42 Å². The first-order valence-electron chi connectivity index (χ1n) is 12.5. The van der Waals surface area contributed by atoms with E-state index in [0.29, 0.717) is 22.9 Å². The van der Waals surface area contributed by atoms with Gasteiger partial charge in [0.1, 0.15) is 5.69 Å². The number of hydrazine groups is 1. The largest absolute Gasteiger partial charge is 0.356 e. The molecular weight excluding hydrogens is 542 g/mol. The number of thiophene rings is 1. The Morgan fingerprint density at radius 1 is 0.975 bits per heavy atom. The average Bonchev–Trinajstić information content (AvgIpc) is 3.50. The summed E-state index contributed by atoms with van der Waals surface area (Å²) in [5.41, 5.74) is 7.43. The van der Waals surface area contributed by atoms with Crippen molar-refractivity contribution in [2.24, 2.45) is 0 Å². The maximum Gasteiger partial charge on any atom is 0.288 e. The van der Waals surface area contributed by atoms with Crippen LogP contribution in [0.25, 0.3) is 20.9 Å². The van der Waals surface area contributed by atoms with Gasteiger partial charge in [0.25, 0.3) is 17.7 Å². The number of aromatic nitrogens is 1. The molecule has 1 aliphatic rings. The van der Waals surface area contributed by atoms with Crippen LogP contribution in [-0.4, -0.2) is 45.3 Å². The molecule has 1 atom stereocenters. The fourth-order valence-corrected chi connectivity index (χ4v) is 6.07. The van der Waals surface area contributed by atoms with Gasteiger partial charge in [-0.15, -0.1) is 11.3 Å². The van der Waals surface area contributed by atoms with E-state index in [1.807, 2.05) is 18.2 Å². The number of benzene rings is 3. The number of imide groups is 1. The van der Waals surface area contributed by atoms with E-state index in [1.165, 1.54) is 4.90 Å². The molecule has 10 heteroatoms. The molecule has 1 aliphatic heterocycles. The molecule has 0 spiro atoms. The Bertz CT molecular complexity index is 1760. The number of carbonyl (C=O) groups is 3. The van der Waals surface area contributed by atoms with Crippen molar-refractivity contribution in [3.63, 3.8) is 0 Å². The molecule has 0 unspecified atom stereocenters. The van der Waals surface area contributed by atoms with Crippen molar-refractivity contribution in [2.75, 3.05) is 6.54 Å². The molecule has 3 N–H and O–H groups in total. The maximum atomic E-state index is 13.1. The number of amides is 3. The van der Waals surface area contributed by atoms with Gasteiger partial charge in [-0.2, -0.15) is 0 Å². The number of nitrogens with one attached hydrogen (secondary N) is 3. The first-order valence-corrected chi connectivity index (χ1v) is 13.8. The molecule has 40 heavy (non-hydrogen) atoms. The van der Waals surface area contributed by atoms with Crippen LogP contribution >= 0.6 is 23.6 Å². The van der Waals surface area contributed by atoms with Gasteiger partial charge < -0.3 is 5.32 Å². The van der Waals surface area contributed by atoms with Gasteiger partial charge in [0, 0.05) is 22.8 Å². The van der Waals surface area contributed by atoms with Crippen molar-refractivity contribution in [2.45, 2.75) is 12.5 Å². The highest BCUT2D eigenvalue weighted by Crippen LogP contribution is 2.28. The SMILES string of the molecule is O=C(NNC(=S)N[C@H](Cc1csc2ccccc12)CN1C(=O)c2ccccc2C1=O)c1nccc2c[c]ccc12. The Labute approximate surface area is 239 Å². The highest BCUT2D eigenvalue weighted by atomic mass is 32.1. The van der Waals surface area contributed by atoms with Crippen LogP contribution in [0.2, 0.25) is 0 Å². The minimum absolute atomic E-state index is 0.0909. The molecular formula is C30H22N5O3S2. The standard InChI is InChI=1S/C30H22N5O3S2/c36-27(26-22-9-2-1-7-18(22)13-14-31-26)33-34-30(39)32-20(15-19-17-40-25-12-6-5-8-21(19)25)16-35-28(37)23-10-3-4-11-24(23)29(35)38/h2-14,17,20H,15-16H2,(H,33,36)(H2,32,34,39)/t20-/m1/s1. The van der Waals surface area contributed by atoms with Crippen LogP contribution in [0.5, 0.6) is 0 Å². The number of pyridine rings is 1. The number of thiocarbonyl (C=S) groups is 1. The molecule has 197 valence electrons. The van der Waals surface area contributed by atoms with Crippen LogP contribution < -0.4 is 16.2 Å². The predicted molar refractivity (Wildman–Crippen MR) is 158 cm³/mol. The summed E-state index contributed by atoms with van der Waals surface area (Å²) < 4.78 is 1.14. The predicted octanol–water partition coefficient (Wildman–Crippen LogP) is 4.27. The maximum absolute atomic E-state index is 13.1. The van der Waals surface area contributed by atoms with Gasteiger partial charge in [-0.25, -0.2) is 0 Å². The molecule has 0 aliphatic carbocycles. The topological polar surface area (TPSA) is 103 Å². The Kier molecular flexibility index (Phi) is 6.93. The summed E-state index contributed by atoms with van der Waals surface area (Å²) in [6.07, 6.45) is 2.06. The van der Waals surface area contributed by atoms with Crippen molar-refractivity contribution in [3.8, 4) is 0 Å². The molecule has 0 saturated carbocycles. The molecule has 0 saturated heterocycles. The quantitative estimate of drug-likeness (QED) is 0.161. The van der Waals surface area contributed by atoms with E-state index in [9.17, 15) is 14.4 Å². The van der Waals surface area contributed by atoms with E-state index in [-0.39, 0.29) is 29.2 Å². The lowest BCUT2D eigenvalue weighted by atomic mass is 10.0. The van der Waals surface area contributed by atoms with Crippen LogP contribution in [0.1, 0.15) is 36.8 Å². The molecule has 5 aromatic rings. The lowest BCUT2D eigenvalue weighted by Gasteiger charge is -2.25. The number of nitrogens with zero attached hydrogens (tertiary/aromatic N) is 2. The van der Waals surface area contributed by atoms with Gasteiger partial charge in [0.2, 0.25) is 0 Å². The molecule has 6 rings (SSSR count). The van der Waals surface area contributed by atoms with Gasteiger partial charge in [-0.05, 0) is 76.8 Å². The lowest BCUT2D eigenvalue weighted by Crippen LogP contribution is -2.53. The zero-order valence-electron chi connectivity index (χ0n) is 21.0. The normalized spacial score (nSPS) is 13.3. The number of hydrogen-bond acceptors (Lipinski definition) is 6. The van der Waals surface area contributed by atoms with E-state index in [0.717, 1.165) is 21.0 Å². The molecule has 3 heterocycles. The third kappa shape index (κ3) is 4.90. The minimum atomic E-state index is -0.457. The second-order valence-corrected chi connectivity index (χ2v) is 10.6. The van der Waals surface area contributed by atoms with Crippen molar-refractivity contribution in [1.82, 2.24) is 26.1 Å². The highest BCUT2D eigenvalue weighted by molar-refractivity contribution is 7.80. The van der Waals surface area contributed by atoms with E-state index in [2.05, 4.69) is 38.7 Å². The zero-order chi connectivity index (χ0) is 27.6. The van der Waals surface area contributed by atoms with Crippen molar-refractivity contribution in [1.29, 1.82) is 0 Å². The second-order valence-electron chi connectivity index (χ2n) is 9.28. The molecule has 8 nitrogen and oxygen atoms in total.